The highest BCUT2D eigenvalue weighted by atomic mass is 16.5. The van der Waals surface area contributed by atoms with Gasteiger partial charge in [0.1, 0.15) is 0 Å². The average molecular weight is 277 g/mol. The lowest BCUT2D eigenvalue weighted by atomic mass is 10.0. The van der Waals surface area contributed by atoms with E-state index in [1.807, 2.05) is 13.0 Å². The van der Waals surface area contributed by atoms with Crippen LogP contribution in [0.15, 0.2) is 18.2 Å². The Balaban J connectivity index is 2.26. The normalized spacial score (nSPS) is 18.9. The van der Waals surface area contributed by atoms with Crippen LogP contribution in [0.3, 0.4) is 0 Å². The van der Waals surface area contributed by atoms with Gasteiger partial charge in [-0.05, 0) is 38.0 Å². The number of ether oxygens (including phenoxy) is 1. The third kappa shape index (κ3) is 3.22. The number of benzene rings is 1. The summed E-state index contributed by atoms with van der Waals surface area (Å²) in [5.74, 6) is -0.0847. The zero-order chi connectivity index (χ0) is 14.5. The van der Waals surface area contributed by atoms with Crippen LogP contribution in [0.5, 0.6) is 0 Å². The summed E-state index contributed by atoms with van der Waals surface area (Å²) in [6.07, 6.45) is 2.36. The van der Waals surface area contributed by atoms with E-state index in [2.05, 4.69) is 10.2 Å². The third-order valence-electron chi connectivity index (χ3n) is 3.61. The fourth-order valence-electron chi connectivity index (χ4n) is 2.67. The summed E-state index contributed by atoms with van der Waals surface area (Å²) in [4.78, 5) is 14.2. The number of hydrogen-bond donors (Lipinski definition) is 2. The van der Waals surface area contributed by atoms with E-state index in [-0.39, 0.29) is 12.0 Å². The SMILES string of the molecule is CCOC1CCCN(c2cc(N)ccc2C(=O)NC)C1. The Bertz CT molecular complexity index is 474. The van der Waals surface area contributed by atoms with Crippen molar-refractivity contribution in [2.75, 3.05) is 37.4 Å². The summed E-state index contributed by atoms with van der Waals surface area (Å²) in [5, 5.41) is 2.68. The van der Waals surface area contributed by atoms with Crippen molar-refractivity contribution in [3.63, 3.8) is 0 Å². The molecule has 1 saturated heterocycles. The topological polar surface area (TPSA) is 67.6 Å². The average Bonchev–Trinajstić information content (AvgIpc) is 2.47. The molecule has 20 heavy (non-hydrogen) atoms. The molecule has 5 heteroatoms. The van der Waals surface area contributed by atoms with E-state index < -0.39 is 0 Å². The van der Waals surface area contributed by atoms with E-state index in [0.29, 0.717) is 11.3 Å². The second kappa shape index (κ2) is 6.61. The van der Waals surface area contributed by atoms with Gasteiger partial charge in [-0.25, -0.2) is 0 Å². The Morgan fingerprint density at radius 3 is 3.05 bits per heavy atom. The number of carbonyl (C=O) groups is 1. The maximum absolute atomic E-state index is 12.0. The Hall–Kier alpha value is -1.75. The van der Waals surface area contributed by atoms with Gasteiger partial charge < -0.3 is 20.7 Å². The number of piperidine rings is 1. The van der Waals surface area contributed by atoms with E-state index in [1.54, 1.807) is 19.2 Å². The second-order valence-corrected chi connectivity index (χ2v) is 5.02. The predicted octanol–water partition coefficient (Wildman–Crippen LogP) is 1.63. The number of anilines is 2. The largest absolute Gasteiger partial charge is 0.399 e. The van der Waals surface area contributed by atoms with Crippen LogP contribution in [0.4, 0.5) is 11.4 Å². The molecule has 1 aromatic carbocycles. The molecule has 0 radical (unpaired) electrons. The standard InChI is InChI=1S/C15H23N3O2/c1-3-20-12-5-4-8-18(10-12)14-9-11(16)6-7-13(14)15(19)17-2/h6-7,9,12H,3-5,8,10,16H2,1-2H3,(H,17,19). The minimum absolute atomic E-state index is 0.0847. The van der Waals surface area contributed by atoms with Gasteiger partial charge in [-0.3, -0.25) is 4.79 Å². The van der Waals surface area contributed by atoms with Crippen LogP contribution in [-0.2, 0) is 4.74 Å². The van der Waals surface area contributed by atoms with Crippen LogP contribution in [0.1, 0.15) is 30.1 Å². The molecule has 5 nitrogen and oxygen atoms in total. The monoisotopic (exact) mass is 277 g/mol. The smallest absolute Gasteiger partial charge is 0.253 e. The van der Waals surface area contributed by atoms with Gasteiger partial charge in [-0.1, -0.05) is 0 Å². The molecule has 1 aromatic rings. The van der Waals surface area contributed by atoms with Gasteiger partial charge in [0.2, 0.25) is 0 Å². The first-order valence-corrected chi connectivity index (χ1v) is 7.13. The number of rotatable bonds is 4. The highest BCUT2D eigenvalue weighted by molar-refractivity contribution is 6.00. The molecule has 1 unspecified atom stereocenters. The highest BCUT2D eigenvalue weighted by Gasteiger charge is 2.23. The molecule has 0 spiro atoms. The maximum atomic E-state index is 12.0. The van der Waals surface area contributed by atoms with Gasteiger partial charge >= 0.3 is 0 Å². The van der Waals surface area contributed by atoms with Crippen molar-refractivity contribution in [2.45, 2.75) is 25.9 Å². The quantitative estimate of drug-likeness (QED) is 0.821. The zero-order valence-electron chi connectivity index (χ0n) is 12.2. The van der Waals surface area contributed by atoms with E-state index in [0.717, 1.165) is 38.2 Å². The number of nitrogens with two attached hydrogens (primary N) is 1. The molecular weight excluding hydrogens is 254 g/mol. The van der Waals surface area contributed by atoms with E-state index in [1.165, 1.54) is 0 Å². The molecule has 3 N–H and O–H groups in total. The molecule has 1 aliphatic heterocycles. The van der Waals surface area contributed by atoms with Gasteiger partial charge in [0, 0.05) is 32.4 Å². The minimum Gasteiger partial charge on any atom is -0.399 e. The van der Waals surface area contributed by atoms with Crippen molar-refractivity contribution in [3.05, 3.63) is 23.8 Å². The van der Waals surface area contributed by atoms with Crippen molar-refractivity contribution >= 4 is 17.3 Å². The molecule has 1 heterocycles. The molecule has 0 saturated carbocycles. The number of nitrogen functional groups attached to an aromatic ring is 1. The molecule has 0 aliphatic carbocycles. The van der Waals surface area contributed by atoms with Gasteiger partial charge in [0.05, 0.1) is 17.4 Å². The summed E-state index contributed by atoms with van der Waals surface area (Å²) >= 11 is 0. The fourth-order valence-corrected chi connectivity index (χ4v) is 2.67. The van der Waals surface area contributed by atoms with Crippen LogP contribution < -0.4 is 16.0 Å². The van der Waals surface area contributed by atoms with Crippen LogP contribution in [-0.4, -0.2) is 38.8 Å². The summed E-state index contributed by atoms with van der Waals surface area (Å²) < 4.78 is 5.72. The van der Waals surface area contributed by atoms with Gasteiger partial charge in [0.25, 0.3) is 5.91 Å². The first-order chi connectivity index (χ1) is 9.65. The summed E-state index contributed by atoms with van der Waals surface area (Å²) in [6.45, 7) is 4.46. The first-order valence-electron chi connectivity index (χ1n) is 7.13. The number of nitrogens with one attached hydrogen (secondary N) is 1. The van der Waals surface area contributed by atoms with Crippen molar-refractivity contribution in [3.8, 4) is 0 Å². The van der Waals surface area contributed by atoms with Crippen molar-refractivity contribution in [2.24, 2.45) is 0 Å². The summed E-state index contributed by atoms with van der Waals surface area (Å²) in [6, 6.07) is 5.42. The van der Waals surface area contributed by atoms with Crippen molar-refractivity contribution in [1.29, 1.82) is 0 Å². The van der Waals surface area contributed by atoms with E-state index in [9.17, 15) is 4.79 Å². The lowest BCUT2D eigenvalue weighted by molar-refractivity contribution is 0.0526. The molecule has 1 amide bonds. The third-order valence-corrected chi connectivity index (χ3v) is 3.61. The van der Waals surface area contributed by atoms with Gasteiger partial charge in [-0.2, -0.15) is 0 Å². The molecule has 1 aliphatic rings. The van der Waals surface area contributed by atoms with E-state index >= 15 is 0 Å². The number of hydrogen-bond acceptors (Lipinski definition) is 4. The van der Waals surface area contributed by atoms with Crippen LogP contribution in [0.25, 0.3) is 0 Å². The molecule has 110 valence electrons. The fraction of sp³-hybridized carbons (Fsp3) is 0.533. The number of amides is 1. The lowest BCUT2D eigenvalue weighted by Crippen LogP contribution is -2.40. The highest BCUT2D eigenvalue weighted by Crippen LogP contribution is 2.27. The van der Waals surface area contributed by atoms with Crippen LogP contribution >= 0.6 is 0 Å². The molecule has 0 bridgehead atoms. The number of nitrogens with zero attached hydrogens (tertiary/aromatic N) is 1. The predicted molar refractivity (Wildman–Crippen MR) is 81.1 cm³/mol. The molecule has 1 fully saturated rings. The minimum atomic E-state index is -0.0847. The van der Waals surface area contributed by atoms with Crippen molar-refractivity contribution < 1.29 is 9.53 Å². The zero-order valence-corrected chi connectivity index (χ0v) is 12.2. The summed E-state index contributed by atoms with van der Waals surface area (Å²) in [7, 11) is 1.64. The van der Waals surface area contributed by atoms with E-state index in [4.69, 9.17) is 10.5 Å². The van der Waals surface area contributed by atoms with Crippen molar-refractivity contribution in [1.82, 2.24) is 5.32 Å². The molecule has 1 atom stereocenters. The lowest BCUT2D eigenvalue weighted by Gasteiger charge is -2.35. The maximum Gasteiger partial charge on any atom is 0.253 e. The Morgan fingerprint density at radius 2 is 2.35 bits per heavy atom. The van der Waals surface area contributed by atoms with Gasteiger partial charge in [0.15, 0.2) is 0 Å². The molecular formula is C15H23N3O2. The Morgan fingerprint density at radius 1 is 1.55 bits per heavy atom. The van der Waals surface area contributed by atoms with Crippen LogP contribution in [0.2, 0.25) is 0 Å². The van der Waals surface area contributed by atoms with Gasteiger partial charge in [-0.15, -0.1) is 0 Å². The van der Waals surface area contributed by atoms with Crippen LogP contribution in [0, 0.1) is 0 Å². The first kappa shape index (κ1) is 14.7. The molecule has 2 rings (SSSR count). The number of carbonyl (C=O) groups excluding carboxylic acids is 1. The Kier molecular flexibility index (Phi) is 4.84. The second-order valence-electron chi connectivity index (χ2n) is 5.02. The molecule has 0 aromatic heterocycles. The Labute approximate surface area is 120 Å². The summed E-state index contributed by atoms with van der Waals surface area (Å²) in [5.41, 5.74) is 8.11.